The first-order valence-electron chi connectivity index (χ1n) is 4.77. The molecule has 0 fully saturated rings. The summed E-state index contributed by atoms with van der Waals surface area (Å²) in [5.41, 5.74) is 0.672. The molecule has 1 N–H and O–H groups in total. The van der Waals surface area contributed by atoms with Gasteiger partial charge in [-0.2, -0.15) is 0 Å². The molecule has 0 aliphatic carbocycles. The van der Waals surface area contributed by atoms with Gasteiger partial charge in [-0.05, 0) is 36.7 Å². The van der Waals surface area contributed by atoms with Crippen LogP contribution in [0.3, 0.4) is 0 Å². The Balaban J connectivity index is 2.53. The zero-order valence-corrected chi connectivity index (χ0v) is 9.24. The van der Waals surface area contributed by atoms with Crippen LogP contribution in [0.2, 0.25) is 5.02 Å². The molecule has 0 unspecified atom stereocenters. The van der Waals surface area contributed by atoms with E-state index in [1.54, 1.807) is 12.1 Å². The topological polar surface area (TPSA) is 12.0 Å². The lowest BCUT2D eigenvalue weighted by Gasteiger charge is -2.08. The fourth-order valence-corrected chi connectivity index (χ4v) is 1.43. The van der Waals surface area contributed by atoms with E-state index in [0.717, 1.165) is 6.54 Å². The predicted molar refractivity (Wildman–Crippen MR) is 58.3 cm³/mol. The van der Waals surface area contributed by atoms with E-state index in [1.165, 1.54) is 6.07 Å². The van der Waals surface area contributed by atoms with Gasteiger partial charge in [0.25, 0.3) is 0 Å². The Labute approximate surface area is 89.3 Å². The Bertz CT molecular complexity index is 299. The van der Waals surface area contributed by atoms with Crippen molar-refractivity contribution in [1.29, 1.82) is 0 Å². The molecule has 14 heavy (non-hydrogen) atoms. The quantitative estimate of drug-likeness (QED) is 0.814. The second kappa shape index (κ2) is 5.32. The molecule has 3 heteroatoms. The van der Waals surface area contributed by atoms with Gasteiger partial charge in [0, 0.05) is 11.1 Å². The molecule has 1 aromatic rings. The standard InChI is InChI=1S/C11H15ClFN/c1-8(2)14-6-5-9-7-10(12)3-4-11(9)13/h3-4,7-8,14H,5-6H2,1-2H3. The number of benzene rings is 1. The minimum atomic E-state index is -0.181. The van der Waals surface area contributed by atoms with E-state index >= 15 is 0 Å². The van der Waals surface area contributed by atoms with E-state index < -0.39 is 0 Å². The minimum Gasteiger partial charge on any atom is -0.314 e. The minimum absolute atomic E-state index is 0.181. The maximum atomic E-state index is 13.2. The number of rotatable bonds is 4. The van der Waals surface area contributed by atoms with E-state index in [1.807, 2.05) is 0 Å². The third-order valence-corrected chi connectivity index (χ3v) is 2.19. The van der Waals surface area contributed by atoms with Crippen molar-refractivity contribution in [1.82, 2.24) is 5.32 Å². The Morgan fingerprint density at radius 1 is 1.43 bits per heavy atom. The molecule has 0 saturated carbocycles. The highest BCUT2D eigenvalue weighted by molar-refractivity contribution is 6.30. The molecule has 0 saturated heterocycles. The zero-order valence-electron chi connectivity index (χ0n) is 8.48. The number of hydrogen-bond donors (Lipinski definition) is 1. The van der Waals surface area contributed by atoms with Crippen LogP contribution >= 0.6 is 11.6 Å². The SMILES string of the molecule is CC(C)NCCc1cc(Cl)ccc1F. The fraction of sp³-hybridized carbons (Fsp3) is 0.455. The van der Waals surface area contributed by atoms with Gasteiger partial charge in [-0.15, -0.1) is 0 Å². The van der Waals surface area contributed by atoms with Crippen molar-refractivity contribution < 1.29 is 4.39 Å². The van der Waals surface area contributed by atoms with E-state index in [2.05, 4.69) is 19.2 Å². The van der Waals surface area contributed by atoms with Crippen molar-refractivity contribution in [2.45, 2.75) is 26.3 Å². The highest BCUT2D eigenvalue weighted by atomic mass is 35.5. The van der Waals surface area contributed by atoms with Crippen molar-refractivity contribution in [2.24, 2.45) is 0 Å². The van der Waals surface area contributed by atoms with Crippen LogP contribution < -0.4 is 5.32 Å². The molecule has 1 nitrogen and oxygen atoms in total. The van der Waals surface area contributed by atoms with E-state index in [-0.39, 0.29) is 5.82 Å². The van der Waals surface area contributed by atoms with E-state index in [0.29, 0.717) is 23.0 Å². The summed E-state index contributed by atoms with van der Waals surface area (Å²) in [6.45, 7) is 4.90. The van der Waals surface area contributed by atoms with Gasteiger partial charge in [-0.1, -0.05) is 25.4 Å². The molecular weight excluding hydrogens is 201 g/mol. The predicted octanol–water partition coefficient (Wildman–Crippen LogP) is 3.02. The Morgan fingerprint density at radius 2 is 2.14 bits per heavy atom. The monoisotopic (exact) mass is 215 g/mol. The molecule has 0 amide bonds. The summed E-state index contributed by atoms with van der Waals surface area (Å²) in [5, 5.41) is 3.82. The summed E-state index contributed by atoms with van der Waals surface area (Å²) in [4.78, 5) is 0. The maximum absolute atomic E-state index is 13.2. The summed E-state index contributed by atoms with van der Waals surface area (Å²) in [7, 11) is 0. The van der Waals surface area contributed by atoms with Crippen LogP contribution in [0, 0.1) is 5.82 Å². The van der Waals surface area contributed by atoms with Crippen molar-refractivity contribution in [3.05, 3.63) is 34.6 Å². The van der Waals surface area contributed by atoms with Gasteiger partial charge < -0.3 is 5.32 Å². The lowest BCUT2D eigenvalue weighted by Crippen LogP contribution is -2.25. The molecule has 0 radical (unpaired) electrons. The summed E-state index contributed by atoms with van der Waals surface area (Å²) in [6.07, 6.45) is 0.671. The average Bonchev–Trinajstić information content (AvgIpc) is 2.10. The highest BCUT2D eigenvalue weighted by Crippen LogP contribution is 2.14. The van der Waals surface area contributed by atoms with Gasteiger partial charge in [0.15, 0.2) is 0 Å². The maximum Gasteiger partial charge on any atom is 0.126 e. The summed E-state index contributed by atoms with van der Waals surface area (Å²) >= 11 is 5.77. The van der Waals surface area contributed by atoms with Gasteiger partial charge in [-0.3, -0.25) is 0 Å². The molecule has 78 valence electrons. The van der Waals surface area contributed by atoms with Crippen molar-refractivity contribution in [3.8, 4) is 0 Å². The lowest BCUT2D eigenvalue weighted by molar-refractivity contribution is 0.568. The normalized spacial score (nSPS) is 10.9. The first-order chi connectivity index (χ1) is 6.59. The van der Waals surface area contributed by atoms with Crippen LogP contribution in [0.15, 0.2) is 18.2 Å². The Hall–Kier alpha value is -0.600. The van der Waals surface area contributed by atoms with Crippen LogP contribution in [0.1, 0.15) is 19.4 Å². The molecule has 0 heterocycles. The molecule has 0 bridgehead atoms. The van der Waals surface area contributed by atoms with Crippen LogP contribution in [0.5, 0.6) is 0 Å². The highest BCUT2D eigenvalue weighted by Gasteiger charge is 2.02. The first kappa shape index (κ1) is 11.5. The molecule has 0 spiro atoms. The second-order valence-electron chi connectivity index (χ2n) is 3.59. The van der Waals surface area contributed by atoms with Gasteiger partial charge >= 0.3 is 0 Å². The molecular formula is C11H15ClFN. The lowest BCUT2D eigenvalue weighted by atomic mass is 10.1. The Morgan fingerprint density at radius 3 is 2.79 bits per heavy atom. The first-order valence-corrected chi connectivity index (χ1v) is 5.14. The second-order valence-corrected chi connectivity index (χ2v) is 4.03. The smallest absolute Gasteiger partial charge is 0.126 e. The van der Waals surface area contributed by atoms with E-state index in [9.17, 15) is 4.39 Å². The summed E-state index contributed by atoms with van der Waals surface area (Å²) < 4.78 is 13.2. The van der Waals surface area contributed by atoms with Gasteiger partial charge in [0.2, 0.25) is 0 Å². The van der Waals surface area contributed by atoms with Gasteiger partial charge in [-0.25, -0.2) is 4.39 Å². The fourth-order valence-electron chi connectivity index (χ4n) is 1.23. The van der Waals surface area contributed by atoms with Crippen LogP contribution in [0.25, 0.3) is 0 Å². The van der Waals surface area contributed by atoms with Crippen LogP contribution in [-0.2, 0) is 6.42 Å². The third-order valence-electron chi connectivity index (χ3n) is 1.95. The van der Waals surface area contributed by atoms with E-state index in [4.69, 9.17) is 11.6 Å². The molecule has 0 aromatic heterocycles. The van der Waals surface area contributed by atoms with Gasteiger partial charge in [0.05, 0.1) is 0 Å². The number of nitrogens with one attached hydrogen (secondary N) is 1. The Kier molecular flexibility index (Phi) is 4.36. The van der Waals surface area contributed by atoms with Crippen molar-refractivity contribution >= 4 is 11.6 Å². The molecule has 0 atom stereocenters. The van der Waals surface area contributed by atoms with Gasteiger partial charge in [0.1, 0.15) is 5.82 Å². The summed E-state index contributed by atoms with van der Waals surface area (Å²) in [6, 6.07) is 5.08. The van der Waals surface area contributed by atoms with Crippen molar-refractivity contribution in [2.75, 3.05) is 6.54 Å². The average molecular weight is 216 g/mol. The van der Waals surface area contributed by atoms with Crippen LogP contribution in [-0.4, -0.2) is 12.6 Å². The molecule has 0 aliphatic rings. The number of hydrogen-bond acceptors (Lipinski definition) is 1. The molecule has 1 rings (SSSR count). The van der Waals surface area contributed by atoms with Crippen molar-refractivity contribution in [3.63, 3.8) is 0 Å². The number of halogens is 2. The molecule has 1 aromatic carbocycles. The summed E-state index contributed by atoms with van der Waals surface area (Å²) in [5.74, 6) is -0.181. The largest absolute Gasteiger partial charge is 0.314 e. The molecule has 0 aliphatic heterocycles. The van der Waals surface area contributed by atoms with Crippen LogP contribution in [0.4, 0.5) is 4.39 Å². The zero-order chi connectivity index (χ0) is 10.6. The third kappa shape index (κ3) is 3.64.